The molecule has 1 aliphatic rings. The van der Waals surface area contributed by atoms with Gasteiger partial charge in [-0.25, -0.2) is 0 Å². The van der Waals surface area contributed by atoms with Gasteiger partial charge in [-0.15, -0.1) is 0 Å². The van der Waals surface area contributed by atoms with Crippen molar-refractivity contribution in [3.8, 4) is 0 Å². The molecule has 2 heterocycles. The van der Waals surface area contributed by atoms with Crippen molar-refractivity contribution >= 4 is 11.6 Å². The SMILES string of the molecule is CCN1CCCC1CNC(=O)c1cc(NC)ccn1. The van der Waals surface area contributed by atoms with Gasteiger partial charge in [0.15, 0.2) is 0 Å². The molecule has 1 fully saturated rings. The molecule has 1 aromatic heterocycles. The number of hydrogen-bond acceptors (Lipinski definition) is 4. The molecule has 1 saturated heterocycles. The lowest BCUT2D eigenvalue weighted by Gasteiger charge is -2.22. The molecule has 5 nitrogen and oxygen atoms in total. The van der Waals surface area contributed by atoms with Crippen LogP contribution in [0.15, 0.2) is 18.3 Å². The first kappa shape index (κ1) is 13.8. The molecule has 0 radical (unpaired) electrons. The fourth-order valence-corrected chi connectivity index (χ4v) is 2.55. The first-order chi connectivity index (χ1) is 9.24. The molecule has 2 rings (SSSR count). The molecule has 1 amide bonds. The highest BCUT2D eigenvalue weighted by atomic mass is 16.1. The summed E-state index contributed by atoms with van der Waals surface area (Å²) in [6.07, 6.45) is 4.04. The van der Waals surface area contributed by atoms with E-state index in [0.29, 0.717) is 18.3 Å². The number of likely N-dealkylation sites (tertiary alicyclic amines) is 1. The minimum atomic E-state index is -0.0972. The van der Waals surface area contributed by atoms with Gasteiger partial charge < -0.3 is 10.6 Å². The number of hydrogen-bond donors (Lipinski definition) is 2. The Bertz CT molecular complexity index is 435. The van der Waals surface area contributed by atoms with E-state index in [0.717, 1.165) is 25.2 Å². The maximum Gasteiger partial charge on any atom is 0.270 e. The third kappa shape index (κ3) is 3.44. The molecule has 0 bridgehead atoms. The molecule has 19 heavy (non-hydrogen) atoms. The molecule has 0 saturated carbocycles. The van der Waals surface area contributed by atoms with Crippen LogP contribution in [0.2, 0.25) is 0 Å². The maximum atomic E-state index is 12.0. The van der Waals surface area contributed by atoms with Crippen molar-refractivity contribution in [2.75, 3.05) is 32.0 Å². The Hall–Kier alpha value is -1.62. The predicted molar refractivity (Wildman–Crippen MR) is 76.4 cm³/mol. The van der Waals surface area contributed by atoms with Gasteiger partial charge in [0.25, 0.3) is 5.91 Å². The van der Waals surface area contributed by atoms with Gasteiger partial charge in [-0.05, 0) is 38.1 Å². The van der Waals surface area contributed by atoms with E-state index in [1.807, 2.05) is 13.1 Å². The van der Waals surface area contributed by atoms with E-state index in [9.17, 15) is 4.79 Å². The summed E-state index contributed by atoms with van der Waals surface area (Å²) in [7, 11) is 1.83. The number of carbonyl (C=O) groups is 1. The van der Waals surface area contributed by atoms with Crippen molar-refractivity contribution in [1.29, 1.82) is 0 Å². The summed E-state index contributed by atoms with van der Waals surface area (Å²) in [5.74, 6) is -0.0972. The fraction of sp³-hybridized carbons (Fsp3) is 0.571. The van der Waals surface area contributed by atoms with Gasteiger partial charge in [0.2, 0.25) is 0 Å². The van der Waals surface area contributed by atoms with Crippen LogP contribution in [0.1, 0.15) is 30.3 Å². The van der Waals surface area contributed by atoms with Gasteiger partial charge in [-0.3, -0.25) is 14.7 Å². The van der Waals surface area contributed by atoms with Gasteiger partial charge in [0, 0.05) is 31.5 Å². The summed E-state index contributed by atoms with van der Waals surface area (Å²) in [4.78, 5) is 18.6. The third-order valence-electron chi connectivity index (χ3n) is 3.68. The number of carbonyl (C=O) groups excluding carboxylic acids is 1. The van der Waals surface area contributed by atoms with Crippen LogP contribution >= 0.6 is 0 Å². The van der Waals surface area contributed by atoms with Gasteiger partial charge in [0.05, 0.1) is 0 Å². The number of rotatable bonds is 5. The molecular formula is C14H22N4O. The van der Waals surface area contributed by atoms with Crippen molar-refractivity contribution in [3.63, 3.8) is 0 Å². The molecule has 2 N–H and O–H groups in total. The molecule has 1 unspecified atom stereocenters. The molecule has 1 atom stereocenters. The molecular weight excluding hydrogens is 240 g/mol. The van der Waals surface area contributed by atoms with Gasteiger partial charge in [-0.2, -0.15) is 0 Å². The zero-order valence-electron chi connectivity index (χ0n) is 11.6. The Labute approximate surface area is 114 Å². The molecule has 0 spiro atoms. The fourth-order valence-electron chi connectivity index (χ4n) is 2.55. The highest BCUT2D eigenvalue weighted by molar-refractivity contribution is 5.93. The zero-order chi connectivity index (χ0) is 13.7. The van der Waals surface area contributed by atoms with E-state index in [-0.39, 0.29) is 5.91 Å². The average molecular weight is 262 g/mol. The van der Waals surface area contributed by atoms with Crippen LogP contribution in [0, 0.1) is 0 Å². The molecule has 0 aliphatic carbocycles. The maximum absolute atomic E-state index is 12.0. The van der Waals surface area contributed by atoms with Crippen LogP contribution in [0.3, 0.4) is 0 Å². The van der Waals surface area contributed by atoms with Crippen LogP contribution in [0.5, 0.6) is 0 Å². The lowest BCUT2D eigenvalue weighted by molar-refractivity contribution is 0.0936. The minimum absolute atomic E-state index is 0.0972. The van der Waals surface area contributed by atoms with E-state index in [2.05, 4.69) is 27.4 Å². The highest BCUT2D eigenvalue weighted by Gasteiger charge is 2.23. The number of likely N-dealkylation sites (N-methyl/N-ethyl adjacent to an activating group) is 1. The number of nitrogens with one attached hydrogen (secondary N) is 2. The summed E-state index contributed by atoms with van der Waals surface area (Å²) in [6.45, 7) is 5.06. The van der Waals surface area contributed by atoms with Crippen LogP contribution in [-0.4, -0.2) is 48.5 Å². The molecule has 1 aliphatic heterocycles. The van der Waals surface area contributed by atoms with Crippen molar-refractivity contribution < 1.29 is 4.79 Å². The van der Waals surface area contributed by atoms with E-state index < -0.39 is 0 Å². The third-order valence-corrected chi connectivity index (χ3v) is 3.68. The Kier molecular flexibility index (Phi) is 4.74. The van der Waals surface area contributed by atoms with Crippen molar-refractivity contribution in [2.24, 2.45) is 0 Å². The van der Waals surface area contributed by atoms with Gasteiger partial charge in [-0.1, -0.05) is 6.92 Å². The van der Waals surface area contributed by atoms with Gasteiger partial charge >= 0.3 is 0 Å². The number of aromatic nitrogens is 1. The average Bonchev–Trinajstić information content (AvgIpc) is 2.92. The van der Waals surface area contributed by atoms with Gasteiger partial charge in [0.1, 0.15) is 5.69 Å². The first-order valence-corrected chi connectivity index (χ1v) is 6.90. The van der Waals surface area contributed by atoms with Crippen LogP contribution < -0.4 is 10.6 Å². The zero-order valence-corrected chi connectivity index (χ0v) is 11.6. The van der Waals surface area contributed by atoms with E-state index in [1.165, 1.54) is 6.42 Å². The molecule has 104 valence electrons. The minimum Gasteiger partial charge on any atom is -0.388 e. The lowest BCUT2D eigenvalue weighted by Crippen LogP contribution is -2.40. The number of amides is 1. The van der Waals surface area contributed by atoms with Crippen LogP contribution in [0.25, 0.3) is 0 Å². The van der Waals surface area contributed by atoms with E-state index in [4.69, 9.17) is 0 Å². The largest absolute Gasteiger partial charge is 0.388 e. The van der Waals surface area contributed by atoms with Crippen LogP contribution in [-0.2, 0) is 0 Å². The molecule has 0 aromatic carbocycles. The van der Waals surface area contributed by atoms with Crippen molar-refractivity contribution in [1.82, 2.24) is 15.2 Å². The second kappa shape index (κ2) is 6.52. The Balaban J connectivity index is 1.90. The summed E-state index contributed by atoms with van der Waals surface area (Å²) in [5, 5.41) is 5.99. The number of nitrogens with zero attached hydrogens (tertiary/aromatic N) is 2. The lowest BCUT2D eigenvalue weighted by atomic mass is 10.2. The summed E-state index contributed by atoms with van der Waals surface area (Å²) in [5.41, 5.74) is 1.36. The van der Waals surface area contributed by atoms with E-state index >= 15 is 0 Å². The quantitative estimate of drug-likeness (QED) is 0.840. The first-order valence-electron chi connectivity index (χ1n) is 6.90. The second-order valence-electron chi connectivity index (χ2n) is 4.81. The topological polar surface area (TPSA) is 57.3 Å². The van der Waals surface area contributed by atoms with Crippen molar-refractivity contribution in [2.45, 2.75) is 25.8 Å². The Morgan fingerprint density at radius 3 is 3.16 bits per heavy atom. The van der Waals surface area contributed by atoms with Crippen molar-refractivity contribution in [3.05, 3.63) is 24.0 Å². The number of pyridine rings is 1. The van der Waals surface area contributed by atoms with E-state index in [1.54, 1.807) is 12.3 Å². The van der Waals surface area contributed by atoms with Crippen LogP contribution in [0.4, 0.5) is 5.69 Å². The standard InChI is InChI=1S/C14H22N4O/c1-3-18-8-4-5-12(18)10-17-14(19)13-9-11(15-2)6-7-16-13/h6-7,9,12H,3-5,8,10H2,1-2H3,(H,15,16)(H,17,19). The normalized spacial score (nSPS) is 19.4. The summed E-state index contributed by atoms with van der Waals surface area (Å²) < 4.78 is 0. The smallest absolute Gasteiger partial charge is 0.270 e. The monoisotopic (exact) mass is 262 g/mol. The molecule has 1 aromatic rings. The highest BCUT2D eigenvalue weighted by Crippen LogP contribution is 2.15. The summed E-state index contributed by atoms with van der Waals surface area (Å²) >= 11 is 0. The Morgan fingerprint density at radius 2 is 2.42 bits per heavy atom. The Morgan fingerprint density at radius 1 is 1.58 bits per heavy atom. The number of anilines is 1. The summed E-state index contributed by atoms with van der Waals surface area (Å²) in [6, 6.07) is 4.08. The predicted octanol–water partition coefficient (Wildman–Crippen LogP) is 1.34. The second-order valence-corrected chi connectivity index (χ2v) is 4.81. The molecule has 5 heteroatoms.